The fourth-order valence-electron chi connectivity index (χ4n) is 5.77. The second-order valence-electron chi connectivity index (χ2n) is 11.2. The molecular weight excluding hydrogens is 478 g/mol. The van der Waals surface area contributed by atoms with Crippen LogP contribution in [0.25, 0.3) is 22.9 Å². The van der Waals surface area contributed by atoms with Crippen LogP contribution in [0.4, 0.5) is 17.1 Å². The molecular formula is C35H40N3O+. The Hall–Kier alpha value is -4.02. The van der Waals surface area contributed by atoms with Crippen molar-refractivity contribution in [2.75, 3.05) is 58.7 Å². The minimum atomic E-state index is -0.410. The SMILES string of the molecule is CCOc1cc(N(C)C)ccc1C=CC1(C=Cc2ccc(N(C)C)cc2)c2cccc3cccc(c23)[N+]1(C)C. The molecule has 0 N–H and O–H groups in total. The van der Waals surface area contributed by atoms with E-state index in [2.05, 4.69) is 155 Å². The van der Waals surface area contributed by atoms with Crippen LogP contribution in [0.15, 0.2) is 91.0 Å². The van der Waals surface area contributed by atoms with Gasteiger partial charge < -0.3 is 14.5 Å². The Morgan fingerprint density at radius 1 is 0.769 bits per heavy atom. The molecule has 0 radical (unpaired) electrons. The van der Waals surface area contributed by atoms with Crippen LogP contribution in [0, 0.1) is 0 Å². The summed E-state index contributed by atoms with van der Waals surface area (Å²) in [5.41, 5.74) is 6.82. The number of anilines is 2. The van der Waals surface area contributed by atoms with E-state index in [1.54, 1.807) is 0 Å². The van der Waals surface area contributed by atoms with Crippen molar-refractivity contribution >= 4 is 40.0 Å². The first-order valence-electron chi connectivity index (χ1n) is 13.6. The van der Waals surface area contributed by atoms with Crippen LogP contribution in [0.5, 0.6) is 5.75 Å². The van der Waals surface area contributed by atoms with Crippen LogP contribution in [-0.4, -0.2) is 48.9 Å². The van der Waals surface area contributed by atoms with Crippen molar-refractivity contribution in [2.45, 2.75) is 12.5 Å². The molecule has 0 spiro atoms. The molecule has 200 valence electrons. The summed E-state index contributed by atoms with van der Waals surface area (Å²) in [5.74, 6) is 0.900. The number of ether oxygens (including phenoxy) is 1. The highest BCUT2D eigenvalue weighted by Crippen LogP contribution is 2.53. The number of likely N-dealkylation sites (N-methyl/N-ethyl adjacent to an activating group) is 1. The molecule has 1 aliphatic heterocycles. The number of hydrogen-bond donors (Lipinski definition) is 0. The molecule has 4 heteroatoms. The monoisotopic (exact) mass is 518 g/mol. The van der Waals surface area contributed by atoms with Gasteiger partial charge in [0.15, 0.2) is 5.54 Å². The summed E-state index contributed by atoms with van der Waals surface area (Å²) in [4.78, 5) is 4.24. The van der Waals surface area contributed by atoms with Crippen molar-refractivity contribution < 1.29 is 4.74 Å². The third-order valence-corrected chi connectivity index (χ3v) is 8.11. The van der Waals surface area contributed by atoms with Gasteiger partial charge in [0.05, 0.1) is 26.1 Å². The quantitative estimate of drug-likeness (QED) is 0.224. The fourth-order valence-corrected chi connectivity index (χ4v) is 5.77. The van der Waals surface area contributed by atoms with Crippen LogP contribution in [-0.2, 0) is 5.54 Å². The van der Waals surface area contributed by atoms with Gasteiger partial charge in [-0.15, -0.1) is 0 Å². The Morgan fingerprint density at radius 3 is 2.08 bits per heavy atom. The zero-order chi connectivity index (χ0) is 27.8. The molecule has 39 heavy (non-hydrogen) atoms. The van der Waals surface area contributed by atoms with Crippen molar-refractivity contribution in [1.29, 1.82) is 0 Å². The summed E-state index contributed by atoms with van der Waals surface area (Å²) in [6, 6.07) is 28.6. The summed E-state index contributed by atoms with van der Waals surface area (Å²) < 4.78 is 6.79. The normalized spacial score (nSPS) is 17.8. The van der Waals surface area contributed by atoms with Crippen molar-refractivity contribution in [3.63, 3.8) is 0 Å². The summed E-state index contributed by atoms with van der Waals surface area (Å²) in [7, 11) is 12.9. The first kappa shape index (κ1) is 26.6. The smallest absolute Gasteiger partial charge is 0.168 e. The van der Waals surface area contributed by atoms with Crippen LogP contribution >= 0.6 is 0 Å². The fraction of sp³-hybridized carbons (Fsp3) is 0.257. The van der Waals surface area contributed by atoms with Gasteiger partial charge in [-0.1, -0.05) is 48.5 Å². The number of hydrogen-bond acceptors (Lipinski definition) is 3. The second-order valence-corrected chi connectivity index (χ2v) is 11.2. The van der Waals surface area contributed by atoms with Crippen molar-refractivity contribution in [2.24, 2.45) is 0 Å². The Labute approximate surface area is 233 Å². The Kier molecular flexibility index (Phi) is 7.00. The molecule has 1 heterocycles. The lowest BCUT2D eigenvalue weighted by Crippen LogP contribution is -2.53. The highest BCUT2D eigenvalue weighted by atomic mass is 16.5. The van der Waals surface area contributed by atoms with Gasteiger partial charge in [-0.05, 0) is 66.4 Å². The van der Waals surface area contributed by atoms with Crippen molar-refractivity contribution in [1.82, 2.24) is 4.48 Å². The summed E-state index contributed by atoms with van der Waals surface area (Å²) in [5, 5.41) is 2.62. The van der Waals surface area contributed by atoms with Gasteiger partial charge in [0, 0.05) is 56.8 Å². The lowest BCUT2D eigenvalue weighted by Gasteiger charge is -2.40. The summed E-state index contributed by atoms with van der Waals surface area (Å²) in [6.07, 6.45) is 9.28. The van der Waals surface area contributed by atoms with Crippen LogP contribution < -0.4 is 19.0 Å². The Bertz CT molecular complexity index is 1540. The van der Waals surface area contributed by atoms with Gasteiger partial charge in [0.2, 0.25) is 0 Å². The van der Waals surface area contributed by atoms with Gasteiger partial charge in [-0.2, -0.15) is 0 Å². The highest BCUT2D eigenvalue weighted by molar-refractivity contribution is 6.01. The average molecular weight is 519 g/mol. The van der Waals surface area contributed by atoms with E-state index in [9.17, 15) is 0 Å². The van der Waals surface area contributed by atoms with Gasteiger partial charge in [0.25, 0.3) is 0 Å². The Morgan fingerprint density at radius 2 is 1.41 bits per heavy atom. The zero-order valence-corrected chi connectivity index (χ0v) is 24.3. The maximum absolute atomic E-state index is 6.10. The molecule has 0 saturated heterocycles. The number of quaternary nitrogens is 1. The number of rotatable bonds is 8. The Balaban J connectivity index is 1.68. The molecule has 4 aromatic carbocycles. The maximum atomic E-state index is 6.10. The predicted octanol–water partition coefficient (Wildman–Crippen LogP) is 7.57. The highest BCUT2D eigenvalue weighted by Gasteiger charge is 2.52. The third-order valence-electron chi connectivity index (χ3n) is 8.11. The van der Waals surface area contributed by atoms with Gasteiger partial charge in [-0.25, -0.2) is 0 Å². The first-order valence-corrected chi connectivity index (χ1v) is 13.6. The van der Waals surface area contributed by atoms with E-state index in [0.717, 1.165) is 17.0 Å². The predicted molar refractivity (Wildman–Crippen MR) is 170 cm³/mol. The minimum Gasteiger partial charge on any atom is -0.493 e. The number of nitrogens with zero attached hydrogens (tertiary/aromatic N) is 3. The van der Waals surface area contributed by atoms with E-state index < -0.39 is 5.54 Å². The molecule has 4 aromatic rings. The van der Waals surface area contributed by atoms with Gasteiger partial charge >= 0.3 is 0 Å². The molecule has 0 aliphatic carbocycles. The van der Waals surface area contributed by atoms with E-state index in [1.807, 2.05) is 6.92 Å². The van der Waals surface area contributed by atoms with Crippen LogP contribution in [0.2, 0.25) is 0 Å². The lowest BCUT2D eigenvalue weighted by atomic mass is 9.85. The lowest BCUT2D eigenvalue weighted by molar-refractivity contribution is 0.283. The van der Waals surface area contributed by atoms with E-state index in [4.69, 9.17) is 4.74 Å². The van der Waals surface area contributed by atoms with E-state index in [-0.39, 0.29) is 0 Å². The molecule has 0 aromatic heterocycles. The molecule has 4 nitrogen and oxygen atoms in total. The largest absolute Gasteiger partial charge is 0.493 e. The third kappa shape index (κ3) is 4.59. The topological polar surface area (TPSA) is 15.7 Å². The molecule has 0 saturated carbocycles. The minimum absolute atomic E-state index is 0.410. The first-order chi connectivity index (χ1) is 18.7. The zero-order valence-electron chi connectivity index (χ0n) is 24.3. The molecule has 0 amide bonds. The van der Waals surface area contributed by atoms with E-state index in [1.165, 1.54) is 33.3 Å². The molecule has 0 bridgehead atoms. The van der Waals surface area contributed by atoms with Gasteiger partial charge in [0.1, 0.15) is 11.4 Å². The summed E-state index contributed by atoms with van der Waals surface area (Å²) >= 11 is 0. The second kappa shape index (κ2) is 10.3. The van der Waals surface area contributed by atoms with Crippen molar-refractivity contribution in [3.8, 4) is 5.75 Å². The molecule has 1 aliphatic rings. The number of benzene rings is 4. The van der Waals surface area contributed by atoms with Gasteiger partial charge in [-0.3, -0.25) is 4.48 Å². The van der Waals surface area contributed by atoms with Crippen molar-refractivity contribution in [3.05, 3.63) is 108 Å². The molecule has 1 unspecified atom stereocenters. The average Bonchev–Trinajstić information content (AvgIpc) is 3.11. The molecule has 1 atom stereocenters. The molecule has 5 rings (SSSR count). The van der Waals surface area contributed by atoms with E-state index in [0.29, 0.717) is 11.1 Å². The maximum Gasteiger partial charge on any atom is 0.168 e. The van der Waals surface area contributed by atoms with E-state index >= 15 is 0 Å². The molecule has 0 fully saturated rings. The van der Waals surface area contributed by atoms with Crippen LogP contribution in [0.1, 0.15) is 23.6 Å². The van der Waals surface area contributed by atoms with Crippen LogP contribution in [0.3, 0.4) is 0 Å². The standard InChI is InChI=1S/C35H40N3O/c1-8-39-33-25-30(37(4)5)20-17-27(33)22-24-35(23-21-26-15-18-29(19-16-26)36(2)3)31-13-9-11-28-12-10-14-32(34(28)31)38(35,6)7/h9-25H,8H2,1-7H3/q+1. The summed E-state index contributed by atoms with van der Waals surface area (Å²) in [6.45, 7) is 2.66.